The predicted molar refractivity (Wildman–Crippen MR) is 110 cm³/mol. The summed E-state index contributed by atoms with van der Waals surface area (Å²) in [6.45, 7) is 1.16. The lowest BCUT2D eigenvalue weighted by Crippen LogP contribution is -2.49. The van der Waals surface area contributed by atoms with Crippen molar-refractivity contribution in [2.75, 3.05) is 6.54 Å². The molecule has 0 unspecified atom stereocenters. The summed E-state index contributed by atoms with van der Waals surface area (Å²) in [5, 5.41) is 2.83. The first-order valence-electron chi connectivity index (χ1n) is 10.6. The lowest BCUT2D eigenvalue weighted by molar-refractivity contribution is 0.0390. The summed E-state index contributed by atoms with van der Waals surface area (Å²) in [7, 11) is 0. The molecule has 1 saturated carbocycles. The fourth-order valence-corrected chi connectivity index (χ4v) is 4.69. The maximum atomic E-state index is 13.1. The Balaban J connectivity index is 1.38. The molecule has 1 aliphatic carbocycles. The van der Waals surface area contributed by atoms with E-state index in [1.165, 1.54) is 37.8 Å². The number of amides is 2. The highest BCUT2D eigenvalue weighted by atomic mass is 19.1. The lowest BCUT2D eigenvalue weighted by Gasteiger charge is -2.44. The van der Waals surface area contributed by atoms with Crippen LogP contribution in [0.3, 0.4) is 0 Å². The van der Waals surface area contributed by atoms with Gasteiger partial charge in [-0.2, -0.15) is 0 Å². The van der Waals surface area contributed by atoms with Crippen LogP contribution in [0.2, 0.25) is 0 Å². The number of benzene rings is 2. The maximum absolute atomic E-state index is 13.1. The maximum Gasteiger partial charge on any atom is 0.254 e. The second kappa shape index (κ2) is 8.76. The molecule has 1 saturated heterocycles. The van der Waals surface area contributed by atoms with Gasteiger partial charge in [0.1, 0.15) is 5.82 Å². The Hall–Kier alpha value is -2.69. The first-order chi connectivity index (χ1) is 14.1. The van der Waals surface area contributed by atoms with Gasteiger partial charge in [0.05, 0.1) is 0 Å². The van der Waals surface area contributed by atoms with E-state index in [1.807, 2.05) is 0 Å². The number of halogens is 1. The van der Waals surface area contributed by atoms with Gasteiger partial charge in [0.15, 0.2) is 0 Å². The molecule has 5 heteroatoms. The molecule has 2 aliphatic rings. The molecule has 2 amide bonds. The molecule has 4 nitrogen and oxygen atoms in total. The predicted octanol–water partition coefficient (Wildman–Crippen LogP) is 4.55. The SMILES string of the molecule is O=C(NCc1ccc(F)cc1)c1ccc(C(=O)N2CCC[C@@H]3CCCC[C@@H]32)cc1. The standard InChI is InChI=1S/C24H27FN2O2/c25-21-13-7-17(8-14-21)16-26-23(28)19-9-11-20(12-10-19)24(29)27-15-3-5-18-4-1-2-6-22(18)27/h7-14,18,22H,1-6,15-16H2,(H,26,28)/t18-,22-/m0/s1. The van der Waals surface area contributed by atoms with Crippen LogP contribution in [0.4, 0.5) is 4.39 Å². The fourth-order valence-electron chi connectivity index (χ4n) is 4.69. The normalized spacial score (nSPS) is 21.3. The van der Waals surface area contributed by atoms with Crippen LogP contribution in [0, 0.1) is 11.7 Å². The van der Waals surface area contributed by atoms with Gasteiger partial charge in [0, 0.05) is 30.3 Å². The van der Waals surface area contributed by atoms with Gasteiger partial charge in [0.2, 0.25) is 0 Å². The van der Waals surface area contributed by atoms with Gasteiger partial charge in [-0.25, -0.2) is 4.39 Å². The quantitative estimate of drug-likeness (QED) is 0.827. The third kappa shape index (κ3) is 4.50. The average Bonchev–Trinajstić information content (AvgIpc) is 2.78. The van der Waals surface area contributed by atoms with Crippen LogP contribution in [0.15, 0.2) is 48.5 Å². The number of likely N-dealkylation sites (tertiary alicyclic amines) is 1. The van der Waals surface area contributed by atoms with Gasteiger partial charge in [-0.1, -0.05) is 25.0 Å². The number of rotatable bonds is 4. The van der Waals surface area contributed by atoms with E-state index in [9.17, 15) is 14.0 Å². The minimum Gasteiger partial charge on any atom is -0.348 e. The zero-order valence-corrected chi connectivity index (χ0v) is 16.6. The highest BCUT2D eigenvalue weighted by Crippen LogP contribution is 2.35. The molecule has 1 heterocycles. The van der Waals surface area contributed by atoms with Crippen LogP contribution in [-0.4, -0.2) is 29.3 Å². The monoisotopic (exact) mass is 394 g/mol. The molecule has 0 spiro atoms. The second-order valence-corrected chi connectivity index (χ2v) is 8.14. The van der Waals surface area contributed by atoms with E-state index in [-0.39, 0.29) is 17.6 Å². The van der Waals surface area contributed by atoms with E-state index in [1.54, 1.807) is 36.4 Å². The summed E-state index contributed by atoms with van der Waals surface area (Å²) in [6.07, 6.45) is 7.16. The van der Waals surface area contributed by atoms with Crippen molar-refractivity contribution in [2.24, 2.45) is 5.92 Å². The van der Waals surface area contributed by atoms with E-state index in [0.29, 0.717) is 29.6 Å². The van der Waals surface area contributed by atoms with Gasteiger partial charge < -0.3 is 10.2 Å². The van der Waals surface area contributed by atoms with E-state index < -0.39 is 0 Å². The van der Waals surface area contributed by atoms with Crippen molar-refractivity contribution in [3.05, 3.63) is 71.0 Å². The Bertz CT molecular complexity index is 861. The highest BCUT2D eigenvalue weighted by molar-refractivity contribution is 5.98. The molecule has 0 radical (unpaired) electrons. The average molecular weight is 394 g/mol. The van der Waals surface area contributed by atoms with Gasteiger partial charge in [-0.15, -0.1) is 0 Å². The largest absolute Gasteiger partial charge is 0.348 e. The molecular weight excluding hydrogens is 367 g/mol. The third-order valence-electron chi connectivity index (χ3n) is 6.26. The summed E-state index contributed by atoms with van der Waals surface area (Å²) in [6, 6.07) is 13.3. The number of fused-ring (bicyclic) bond motifs is 1. The molecule has 2 atom stereocenters. The van der Waals surface area contributed by atoms with Gasteiger partial charge >= 0.3 is 0 Å². The van der Waals surface area contributed by atoms with Crippen molar-refractivity contribution in [1.82, 2.24) is 10.2 Å². The summed E-state index contributed by atoms with van der Waals surface area (Å²) >= 11 is 0. The minimum atomic E-state index is -0.298. The third-order valence-corrected chi connectivity index (χ3v) is 6.26. The first-order valence-corrected chi connectivity index (χ1v) is 10.6. The Morgan fingerprint density at radius 2 is 1.55 bits per heavy atom. The number of nitrogens with one attached hydrogen (secondary N) is 1. The van der Waals surface area contributed by atoms with Crippen molar-refractivity contribution in [2.45, 2.75) is 51.1 Å². The molecule has 2 fully saturated rings. The van der Waals surface area contributed by atoms with Crippen molar-refractivity contribution in [3.63, 3.8) is 0 Å². The van der Waals surface area contributed by atoms with Crippen LogP contribution >= 0.6 is 0 Å². The van der Waals surface area contributed by atoms with E-state index in [0.717, 1.165) is 24.9 Å². The summed E-state index contributed by atoms with van der Waals surface area (Å²) in [4.78, 5) is 27.5. The van der Waals surface area contributed by atoms with Crippen LogP contribution in [0.25, 0.3) is 0 Å². The number of hydrogen-bond acceptors (Lipinski definition) is 2. The number of nitrogens with zero attached hydrogens (tertiary/aromatic N) is 1. The fraction of sp³-hybridized carbons (Fsp3) is 0.417. The Labute approximate surface area is 171 Å². The van der Waals surface area contributed by atoms with E-state index >= 15 is 0 Å². The van der Waals surface area contributed by atoms with Crippen molar-refractivity contribution in [3.8, 4) is 0 Å². The highest BCUT2D eigenvalue weighted by Gasteiger charge is 2.35. The van der Waals surface area contributed by atoms with E-state index in [4.69, 9.17) is 0 Å². The first kappa shape index (κ1) is 19.6. The number of hydrogen-bond donors (Lipinski definition) is 1. The molecule has 152 valence electrons. The summed E-state index contributed by atoms with van der Waals surface area (Å²) in [5.41, 5.74) is 1.99. The Morgan fingerprint density at radius 1 is 0.897 bits per heavy atom. The molecular formula is C24H27FN2O2. The van der Waals surface area contributed by atoms with E-state index in [2.05, 4.69) is 10.2 Å². The number of carbonyl (C=O) groups excluding carboxylic acids is 2. The molecule has 2 aromatic carbocycles. The Kier molecular flexibility index (Phi) is 5.93. The summed E-state index contributed by atoms with van der Waals surface area (Å²) in [5.74, 6) is 0.227. The number of piperidine rings is 1. The smallest absolute Gasteiger partial charge is 0.254 e. The molecule has 0 bridgehead atoms. The zero-order valence-electron chi connectivity index (χ0n) is 16.6. The molecule has 2 aromatic rings. The molecule has 29 heavy (non-hydrogen) atoms. The molecule has 1 N–H and O–H groups in total. The molecule has 1 aliphatic heterocycles. The minimum absolute atomic E-state index is 0.0832. The second-order valence-electron chi connectivity index (χ2n) is 8.14. The topological polar surface area (TPSA) is 49.4 Å². The van der Waals surface area contributed by atoms with Gasteiger partial charge in [0.25, 0.3) is 11.8 Å². The molecule has 4 rings (SSSR count). The molecule has 0 aromatic heterocycles. The van der Waals surface area contributed by atoms with Crippen molar-refractivity contribution in [1.29, 1.82) is 0 Å². The van der Waals surface area contributed by atoms with Gasteiger partial charge in [-0.05, 0) is 73.6 Å². The van der Waals surface area contributed by atoms with Gasteiger partial charge in [-0.3, -0.25) is 9.59 Å². The lowest BCUT2D eigenvalue weighted by atomic mass is 9.78. The van der Waals surface area contributed by atoms with Crippen molar-refractivity contribution >= 4 is 11.8 Å². The van der Waals surface area contributed by atoms with Crippen LogP contribution < -0.4 is 5.32 Å². The Morgan fingerprint density at radius 3 is 2.31 bits per heavy atom. The van der Waals surface area contributed by atoms with Crippen LogP contribution in [0.5, 0.6) is 0 Å². The van der Waals surface area contributed by atoms with Crippen LogP contribution in [0.1, 0.15) is 64.8 Å². The van der Waals surface area contributed by atoms with Crippen LogP contribution in [-0.2, 0) is 6.54 Å². The zero-order chi connectivity index (χ0) is 20.2. The summed E-state index contributed by atoms with van der Waals surface area (Å²) < 4.78 is 13.0. The van der Waals surface area contributed by atoms with Crippen molar-refractivity contribution < 1.29 is 14.0 Å². The number of carbonyl (C=O) groups is 2.